The third-order valence-corrected chi connectivity index (χ3v) is 5.40. The van der Waals surface area contributed by atoms with Crippen molar-refractivity contribution in [3.05, 3.63) is 69.2 Å². The standard InChI is InChI=1S/C20H22N2O4S2/c23-20(26-12-10-24-9-11-25-19-7-1-2-8-21-19)22(15-17-5-3-13-27-17)16-18-6-4-14-28-18/h1-8,13-14H,9-12,15-16H2. The van der Waals surface area contributed by atoms with Crippen LogP contribution in [0.3, 0.4) is 0 Å². The number of aromatic nitrogens is 1. The number of carbonyl (C=O) groups is 1. The largest absolute Gasteiger partial charge is 0.475 e. The van der Waals surface area contributed by atoms with Crippen LogP contribution < -0.4 is 4.74 Å². The van der Waals surface area contributed by atoms with Crippen LogP contribution in [0.1, 0.15) is 9.75 Å². The van der Waals surface area contributed by atoms with Crippen LogP contribution in [0.15, 0.2) is 59.4 Å². The topological polar surface area (TPSA) is 60.9 Å². The predicted molar refractivity (Wildman–Crippen MR) is 110 cm³/mol. The fourth-order valence-corrected chi connectivity index (χ4v) is 3.82. The van der Waals surface area contributed by atoms with E-state index in [9.17, 15) is 4.79 Å². The van der Waals surface area contributed by atoms with Gasteiger partial charge in [0.2, 0.25) is 5.88 Å². The number of nitrogens with zero attached hydrogens (tertiary/aromatic N) is 2. The average Bonchev–Trinajstić information content (AvgIpc) is 3.41. The lowest BCUT2D eigenvalue weighted by Gasteiger charge is -2.21. The minimum absolute atomic E-state index is 0.202. The average molecular weight is 419 g/mol. The molecule has 0 aliphatic rings. The molecule has 1 amide bonds. The van der Waals surface area contributed by atoms with Gasteiger partial charge in [-0.25, -0.2) is 9.78 Å². The first kappa shape index (κ1) is 20.3. The number of hydrogen-bond donors (Lipinski definition) is 0. The zero-order valence-electron chi connectivity index (χ0n) is 15.4. The summed E-state index contributed by atoms with van der Waals surface area (Å²) in [4.78, 5) is 20.5. The van der Waals surface area contributed by atoms with Gasteiger partial charge in [-0.05, 0) is 29.0 Å². The molecule has 6 nitrogen and oxygen atoms in total. The molecule has 28 heavy (non-hydrogen) atoms. The smallest absolute Gasteiger partial charge is 0.410 e. The summed E-state index contributed by atoms with van der Waals surface area (Å²) in [7, 11) is 0. The quantitative estimate of drug-likeness (QED) is 0.431. The number of pyridine rings is 1. The van der Waals surface area contributed by atoms with Crippen LogP contribution in [0.2, 0.25) is 0 Å². The summed E-state index contributed by atoms with van der Waals surface area (Å²) in [6, 6.07) is 13.5. The maximum atomic E-state index is 12.5. The Kier molecular flexibility index (Phi) is 8.29. The van der Waals surface area contributed by atoms with Crippen molar-refractivity contribution in [1.29, 1.82) is 0 Å². The Hall–Kier alpha value is -2.42. The summed E-state index contributed by atoms with van der Waals surface area (Å²) in [5, 5.41) is 4.01. The SMILES string of the molecule is O=C(OCCOCCOc1ccccn1)N(Cc1cccs1)Cc1cccs1. The van der Waals surface area contributed by atoms with Gasteiger partial charge in [0.05, 0.1) is 26.3 Å². The van der Waals surface area contributed by atoms with Crippen molar-refractivity contribution in [2.45, 2.75) is 13.1 Å². The van der Waals surface area contributed by atoms with Crippen LogP contribution in [0, 0.1) is 0 Å². The predicted octanol–water partition coefficient (Wildman–Crippen LogP) is 4.44. The van der Waals surface area contributed by atoms with Crippen LogP contribution in [0.4, 0.5) is 4.79 Å². The molecular weight excluding hydrogens is 396 g/mol. The van der Waals surface area contributed by atoms with E-state index in [0.717, 1.165) is 9.75 Å². The molecule has 8 heteroatoms. The van der Waals surface area contributed by atoms with Crippen molar-refractivity contribution in [3.8, 4) is 5.88 Å². The molecule has 0 N–H and O–H groups in total. The summed E-state index contributed by atoms with van der Waals surface area (Å²) < 4.78 is 16.3. The summed E-state index contributed by atoms with van der Waals surface area (Å²) in [6.07, 6.45) is 1.34. The lowest BCUT2D eigenvalue weighted by atomic mass is 10.4. The Balaban J connectivity index is 1.35. The van der Waals surface area contributed by atoms with Gasteiger partial charge in [0.15, 0.2) is 0 Å². The molecule has 0 saturated carbocycles. The molecule has 3 rings (SSSR count). The van der Waals surface area contributed by atoms with Gasteiger partial charge in [-0.1, -0.05) is 18.2 Å². The van der Waals surface area contributed by atoms with Gasteiger partial charge in [-0.3, -0.25) is 4.90 Å². The van der Waals surface area contributed by atoms with E-state index in [-0.39, 0.29) is 12.7 Å². The van der Waals surface area contributed by atoms with Crippen molar-refractivity contribution in [1.82, 2.24) is 9.88 Å². The number of amides is 1. The molecule has 0 bridgehead atoms. The Labute approximate surface area is 172 Å². The Morgan fingerprint density at radius 2 is 1.61 bits per heavy atom. The lowest BCUT2D eigenvalue weighted by molar-refractivity contribution is 0.0424. The maximum absolute atomic E-state index is 12.5. The minimum atomic E-state index is -0.338. The fraction of sp³-hybridized carbons (Fsp3) is 0.300. The van der Waals surface area contributed by atoms with Crippen molar-refractivity contribution < 1.29 is 19.0 Å². The maximum Gasteiger partial charge on any atom is 0.410 e. The van der Waals surface area contributed by atoms with E-state index in [1.54, 1.807) is 39.8 Å². The second-order valence-electron chi connectivity index (χ2n) is 5.76. The van der Waals surface area contributed by atoms with Crippen molar-refractivity contribution in [2.75, 3.05) is 26.4 Å². The Morgan fingerprint density at radius 1 is 0.893 bits per heavy atom. The zero-order chi connectivity index (χ0) is 19.4. The van der Waals surface area contributed by atoms with Crippen molar-refractivity contribution in [3.63, 3.8) is 0 Å². The highest BCUT2D eigenvalue weighted by molar-refractivity contribution is 7.10. The van der Waals surface area contributed by atoms with Crippen LogP contribution in [-0.2, 0) is 22.6 Å². The van der Waals surface area contributed by atoms with Crippen molar-refractivity contribution >= 4 is 28.8 Å². The molecule has 3 heterocycles. The second kappa shape index (κ2) is 11.4. The Morgan fingerprint density at radius 3 is 2.21 bits per heavy atom. The molecule has 0 radical (unpaired) electrons. The van der Waals surface area contributed by atoms with Gasteiger partial charge >= 0.3 is 6.09 Å². The van der Waals surface area contributed by atoms with Crippen LogP contribution in [0.25, 0.3) is 0 Å². The summed E-state index contributed by atoms with van der Waals surface area (Å²) in [5.74, 6) is 0.565. The molecule has 0 atom stereocenters. The monoisotopic (exact) mass is 418 g/mol. The molecule has 0 fully saturated rings. The lowest BCUT2D eigenvalue weighted by Crippen LogP contribution is -2.31. The second-order valence-corrected chi connectivity index (χ2v) is 7.82. The summed E-state index contributed by atoms with van der Waals surface area (Å²) in [5.41, 5.74) is 0. The first-order valence-corrected chi connectivity index (χ1v) is 10.7. The van der Waals surface area contributed by atoms with E-state index in [0.29, 0.717) is 38.8 Å². The van der Waals surface area contributed by atoms with Gasteiger partial charge in [0.25, 0.3) is 0 Å². The third kappa shape index (κ3) is 6.95. The number of rotatable bonds is 11. The molecule has 3 aromatic heterocycles. The molecule has 0 saturated heterocycles. The van der Waals surface area contributed by atoms with Gasteiger partial charge in [0, 0.05) is 22.0 Å². The molecule has 148 valence electrons. The van der Waals surface area contributed by atoms with E-state index in [1.807, 2.05) is 47.2 Å². The molecule has 0 aliphatic carbocycles. The van der Waals surface area contributed by atoms with Crippen LogP contribution in [-0.4, -0.2) is 42.4 Å². The molecule has 0 aromatic carbocycles. The van der Waals surface area contributed by atoms with Crippen LogP contribution in [0.5, 0.6) is 5.88 Å². The normalized spacial score (nSPS) is 10.6. The van der Waals surface area contributed by atoms with E-state index >= 15 is 0 Å². The van der Waals surface area contributed by atoms with E-state index < -0.39 is 0 Å². The minimum Gasteiger partial charge on any atom is -0.475 e. The molecule has 0 aliphatic heterocycles. The zero-order valence-corrected chi connectivity index (χ0v) is 17.0. The van der Waals surface area contributed by atoms with Gasteiger partial charge in [-0.2, -0.15) is 0 Å². The fourth-order valence-electron chi connectivity index (χ4n) is 2.39. The molecule has 0 unspecified atom stereocenters. The Bertz CT molecular complexity index is 759. The third-order valence-electron chi connectivity index (χ3n) is 3.68. The van der Waals surface area contributed by atoms with Crippen LogP contribution >= 0.6 is 22.7 Å². The first-order chi connectivity index (χ1) is 13.8. The molecule has 3 aromatic rings. The first-order valence-electron chi connectivity index (χ1n) is 8.89. The van der Waals surface area contributed by atoms with Gasteiger partial charge in [0.1, 0.15) is 13.2 Å². The van der Waals surface area contributed by atoms with E-state index in [2.05, 4.69) is 4.98 Å². The summed E-state index contributed by atoms with van der Waals surface area (Å²) >= 11 is 3.25. The number of hydrogen-bond acceptors (Lipinski definition) is 7. The highest BCUT2D eigenvalue weighted by Gasteiger charge is 2.17. The van der Waals surface area contributed by atoms with Crippen molar-refractivity contribution in [2.24, 2.45) is 0 Å². The summed E-state index contributed by atoms with van der Waals surface area (Å²) in [6.45, 7) is 2.40. The number of ether oxygens (including phenoxy) is 3. The number of carbonyl (C=O) groups excluding carboxylic acids is 1. The highest BCUT2D eigenvalue weighted by Crippen LogP contribution is 2.18. The van der Waals surface area contributed by atoms with Gasteiger partial charge < -0.3 is 14.2 Å². The number of thiophene rings is 2. The highest BCUT2D eigenvalue weighted by atomic mass is 32.1. The van der Waals surface area contributed by atoms with E-state index in [1.165, 1.54) is 0 Å². The van der Waals surface area contributed by atoms with E-state index in [4.69, 9.17) is 14.2 Å². The van der Waals surface area contributed by atoms with Gasteiger partial charge in [-0.15, -0.1) is 22.7 Å². The molecule has 0 spiro atoms. The molecular formula is C20H22N2O4S2.